The normalized spacial score (nSPS) is 20.3. The molecule has 2 rings (SSSR count). The van der Waals surface area contributed by atoms with Crippen LogP contribution in [0, 0.1) is 5.41 Å². The lowest BCUT2D eigenvalue weighted by Gasteiger charge is -2.46. The van der Waals surface area contributed by atoms with Crippen molar-refractivity contribution in [3.8, 4) is 5.75 Å². The minimum atomic E-state index is 0.271. The third-order valence-corrected chi connectivity index (χ3v) is 5.55. The first kappa shape index (κ1) is 20.1. The Morgan fingerprint density at radius 1 is 1.36 bits per heavy atom. The van der Waals surface area contributed by atoms with Gasteiger partial charge in [0, 0.05) is 17.5 Å². The van der Waals surface area contributed by atoms with Gasteiger partial charge < -0.3 is 9.47 Å². The summed E-state index contributed by atoms with van der Waals surface area (Å²) >= 11 is 6.13. The van der Waals surface area contributed by atoms with Gasteiger partial charge in [0.25, 0.3) is 0 Å². The van der Waals surface area contributed by atoms with Gasteiger partial charge in [0.1, 0.15) is 18.1 Å². The summed E-state index contributed by atoms with van der Waals surface area (Å²) in [5.74, 6) is 1.94. The van der Waals surface area contributed by atoms with Gasteiger partial charge in [-0.05, 0) is 62.0 Å². The standard InChI is InChI=1S/C21H32ClNO2/c1-6-23-12-8-11-21(4,5)20(23)15-25-18-9-10-19(16(3)24-7-2)17(13-18)14-22/h9-10,13,20H,3,6-8,11-12,14-15H2,1-2,4-5H3. The average Bonchev–Trinajstić information content (AvgIpc) is 2.59. The van der Waals surface area contributed by atoms with E-state index in [1.54, 1.807) is 0 Å². The molecule has 1 aliphatic heterocycles. The number of piperidine rings is 1. The zero-order valence-electron chi connectivity index (χ0n) is 16.1. The molecule has 0 aromatic heterocycles. The molecular formula is C21H32ClNO2. The molecule has 3 nitrogen and oxygen atoms in total. The summed E-state index contributed by atoms with van der Waals surface area (Å²) in [6.45, 7) is 16.4. The van der Waals surface area contributed by atoms with E-state index in [0.29, 0.717) is 30.9 Å². The number of hydrogen-bond acceptors (Lipinski definition) is 3. The Labute approximate surface area is 158 Å². The van der Waals surface area contributed by atoms with Crippen LogP contribution in [0.25, 0.3) is 5.76 Å². The Balaban J connectivity index is 2.10. The molecule has 1 aliphatic rings. The van der Waals surface area contributed by atoms with Crippen LogP contribution < -0.4 is 4.74 Å². The summed E-state index contributed by atoms with van der Waals surface area (Å²) in [4.78, 5) is 2.54. The summed E-state index contributed by atoms with van der Waals surface area (Å²) in [5.41, 5.74) is 2.22. The largest absolute Gasteiger partial charge is 0.494 e. The molecule has 1 aromatic carbocycles. The molecule has 0 N–H and O–H groups in total. The summed E-state index contributed by atoms with van der Waals surface area (Å²) in [7, 11) is 0. The maximum Gasteiger partial charge on any atom is 0.119 e. The highest BCUT2D eigenvalue weighted by Crippen LogP contribution is 2.35. The summed E-state index contributed by atoms with van der Waals surface area (Å²) < 4.78 is 11.7. The number of hydrogen-bond donors (Lipinski definition) is 0. The first-order valence-corrected chi connectivity index (χ1v) is 9.84. The topological polar surface area (TPSA) is 21.7 Å². The average molecular weight is 366 g/mol. The molecule has 4 heteroatoms. The predicted octanol–water partition coefficient (Wildman–Crippen LogP) is 5.32. The van der Waals surface area contributed by atoms with Crippen molar-refractivity contribution in [1.82, 2.24) is 4.90 Å². The smallest absolute Gasteiger partial charge is 0.119 e. The van der Waals surface area contributed by atoms with Crippen LogP contribution in [-0.2, 0) is 10.6 Å². The van der Waals surface area contributed by atoms with Crippen LogP contribution in [0.2, 0.25) is 0 Å². The predicted molar refractivity (Wildman–Crippen MR) is 106 cm³/mol. The van der Waals surface area contributed by atoms with Crippen LogP contribution >= 0.6 is 11.6 Å². The van der Waals surface area contributed by atoms with Gasteiger partial charge in [0.2, 0.25) is 0 Å². The number of rotatable bonds is 8. The fourth-order valence-electron chi connectivity index (χ4n) is 3.73. The Morgan fingerprint density at radius 3 is 2.76 bits per heavy atom. The minimum Gasteiger partial charge on any atom is -0.494 e. The third kappa shape index (κ3) is 4.92. The molecular weight excluding hydrogens is 334 g/mol. The van der Waals surface area contributed by atoms with Crippen LogP contribution in [0.1, 0.15) is 51.7 Å². The lowest BCUT2D eigenvalue weighted by Crippen LogP contribution is -2.52. The van der Waals surface area contributed by atoms with Gasteiger partial charge in [0.15, 0.2) is 0 Å². The third-order valence-electron chi connectivity index (χ3n) is 5.26. The molecule has 0 radical (unpaired) electrons. The van der Waals surface area contributed by atoms with Gasteiger partial charge in [-0.2, -0.15) is 0 Å². The number of nitrogens with zero attached hydrogens (tertiary/aromatic N) is 1. The maximum absolute atomic E-state index is 6.18. The summed E-state index contributed by atoms with van der Waals surface area (Å²) in [6.07, 6.45) is 2.51. The zero-order valence-corrected chi connectivity index (χ0v) is 16.9. The summed E-state index contributed by atoms with van der Waals surface area (Å²) in [6, 6.07) is 6.43. The number of likely N-dealkylation sites (tertiary alicyclic amines) is 1. The van der Waals surface area contributed by atoms with Crippen LogP contribution in [0.15, 0.2) is 24.8 Å². The van der Waals surface area contributed by atoms with Crippen molar-refractivity contribution in [2.24, 2.45) is 5.41 Å². The van der Waals surface area contributed by atoms with Crippen LogP contribution in [0.3, 0.4) is 0 Å². The van der Waals surface area contributed by atoms with Crippen LogP contribution in [0.5, 0.6) is 5.75 Å². The molecule has 1 aromatic rings. The van der Waals surface area contributed by atoms with E-state index in [-0.39, 0.29) is 5.41 Å². The van der Waals surface area contributed by atoms with E-state index in [9.17, 15) is 0 Å². The molecule has 1 unspecified atom stereocenters. The van der Waals surface area contributed by atoms with E-state index in [2.05, 4.69) is 32.3 Å². The van der Waals surface area contributed by atoms with Crippen molar-refractivity contribution in [1.29, 1.82) is 0 Å². The lowest BCUT2D eigenvalue weighted by atomic mass is 9.76. The SMILES string of the molecule is C=C(OCC)c1ccc(OCC2N(CC)CCCC2(C)C)cc1CCl. The van der Waals surface area contributed by atoms with E-state index in [4.69, 9.17) is 21.1 Å². The lowest BCUT2D eigenvalue weighted by molar-refractivity contribution is 0.0112. The molecule has 1 saturated heterocycles. The molecule has 25 heavy (non-hydrogen) atoms. The Morgan fingerprint density at radius 2 is 2.12 bits per heavy atom. The molecule has 1 atom stereocenters. The van der Waals surface area contributed by atoms with E-state index in [0.717, 1.165) is 30.0 Å². The summed E-state index contributed by atoms with van der Waals surface area (Å²) in [5, 5.41) is 0. The Bertz CT molecular complexity index is 585. The zero-order chi connectivity index (χ0) is 18.4. The molecule has 0 saturated carbocycles. The van der Waals surface area contributed by atoms with Crippen molar-refractivity contribution < 1.29 is 9.47 Å². The molecule has 0 spiro atoms. The van der Waals surface area contributed by atoms with Gasteiger partial charge in [-0.3, -0.25) is 4.90 Å². The van der Waals surface area contributed by atoms with Crippen LogP contribution in [-0.4, -0.2) is 37.2 Å². The number of benzene rings is 1. The van der Waals surface area contributed by atoms with Crippen molar-refractivity contribution in [2.75, 3.05) is 26.3 Å². The van der Waals surface area contributed by atoms with Crippen molar-refractivity contribution >= 4 is 17.4 Å². The molecule has 1 heterocycles. The first-order valence-electron chi connectivity index (χ1n) is 9.30. The van der Waals surface area contributed by atoms with Gasteiger partial charge in [-0.1, -0.05) is 27.4 Å². The van der Waals surface area contributed by atoms with Crippen molar-refractivity contribution in [3.63, 3.8) is 0 Å². The molecule has 140 valence electrons. The Kier molecular flexibility index (Phi) is 7.21. The minimum absolute atomic E-state index is 0.271. The molecule has 0 amide bonds. The van der Waals surface area contributed by atoms with E-state index in [1.165, 1.54) is 12.8 Å². The van der Waals surface area contributed by atoms with E-state index < -0.39 is 0 Å². The van der Waals surface area contributed by atoms with Gasteiger partial charge in [0.05, 0.1) is 6.61 Å². The highest BCUT2D eigenvalue weighted by atomic mass is 35.5. The van der Waals surface area contributed by atoms with E-state index in [1.807, 2.05) is 25.1 Å². The maximum atomic E-state index is 6.18. The number of likely N-dealkylation sites (N-methyl/N-ethyl adjacent to an activating group) is 1. The molecule has 0 aliphatic carbocycles. The monoisotopic (exact) mass is 365 g/mol. The quantitative estimate of drug-likeness (QED) is 0.459. The second-order valence-electron chi connectivity index (χ2n) is 7.36. The van der Waals surface area contributed by atoms with Crippen LogP contribution in [0.4, 0.5) is 0 Å². The Hall–Kier alpha value is -1.19. The first-order chi connectivity index (χ1) is 11.9. The highest BCUT2D eigenvalue weighted by molar-refractivity contribution is 6.17. The van der Waals surface area contributed by atoms with Gasteiger partial charge in [-0.25, -0.2) is 0 Å². The molecule has 1 fully saturated rings. The van der Waals surface area contributed by atoms with Gasteiger partial charge >= 0.3 is 0 Å². The van der Waals surface area contributed by atoms with E-state index >= 15 is 0 Å². The molecule has 0 bridgehead atoms. The second kappa shape index (κ2) is 8.95. The number of alkyl halides is 1. The highest BCUT2D eigenvalue weighted by Gasteiger charge is 2.37. The number of halogens is 1. The fourth-order valence-corrected chi connectivity index (χ4v) is 3.95. The second-order valence-corrected chi connectivity index (χ2v) is 7.62. The van der Waals surface area contributed by atoms with Crippen molar-refractivity contribution in [3.05, 3.63) is 35.9 Å². The number of ether oxygens (including phenoxy) is 2. The van der Waals surface area contributed by atoms with Crippen molar-refractivity contribution in [2.45, 2.75) is 52.5 Å². The fraction of sp³-hybridized carbons (Fsp3) is 0.619. The van der Waals surface area contributed by atoms with Gasteiger partial charge in [-0.15, -0.1) is 11.6 Å².